The molecule has 1 atom stereocenters. The van der Waals surface area contributed by atoms with Gasteiger partial charge in [-0.25, -0.2) is 4.39 Å². The van der Waals surface area contributed by atoms with E-state index in [2.05, 4.69) is 5.32 Å². The molecule has 0 spiro atoms. The second-order valence-electron chi connectivity index (χ2n) is 7.12. The highest BCUT2D eigenvalue weighted by Crippen LogP contribution is 2.19. The Morgan fingerprint density at radius 3 is 2.61 bits per heavy atom. The van der Waals surface area contributed by atoms with Crippen molar-refractivity contribution >= 4 is 17.5 Å². The lowest BCUT2D eigenvalue weighted by atomic mass is 10.1. The summed E-state index contributed by atoms with van der Waals surface area (Å²) in [5.74, 6) is -0.997. The molecule has 0 aromatic heterocycles. The highest BCUT2D eigenvalue weighted by Gasteiger charge is 2.25. The lowest BCUT2D eigenvalue weighted by Crippen LogP contribution is -2.42. The van der Waals surface area contributed by atoms with E-state index >= 15 is 0 Å². The summed E-state index contributed by atoms with van der Waals surface area (Å²) >= 11 is 0. The van der Waals surface area contributed by atoms with Gasteiger partial charge >= 0.3 is 0 Å². The van der Waals surface area contributed by atoms with E-state index in [0.717, 1.165) is 29.7 Å². The van der Waals surface area contributed by atoms with Gasteiger partial charge in [0.25, 0.3) is 5.91 Å². The number of hydrogen-bond donors (Lipinski definition) is 1. The summed E-state index contributed by atoms with van der Waals surface area (Å²) in [4.78, 5) is 27.0. The van der Waals surface area contributed by atoms with Gasteiger partial charge in [-0.05, 0) is 68.1 Å². The molecular formula is C22H25FN2O3. The van der Waals surface area contributed by atoms with Gasteiger partial charge in [0.1, 0.15) is 12.4 Å². The molecule has 1 aliphatic heterocycles. The number of rotatable bonds is 6. The Bertz CT molecular complexity index is 845. The number of halogens is 1. The number of aryl methyl sites for hydroxylation is 1. The number of nitrogens with one attached hydrogen (secondary N) is 1. The molecule has 28 heavy (non-hydrogen) atoms. The van der Waals surface area contributed by atoms with Crippen LogP contribution < -0.4 is 5.32 Å². The number of amides is 2. The SMILES string of the molecule is Cc1cccc(NC(=O)CN(CC2CCCO2)C(=O)c2ccc(F)cc2)c1C. The highest BCUT2D eigenvalue weighted by molar-refractivity contribution is 5.99. The van der Waals surface area contributed by atoms with E-state index in [1.807, 2.05) is 32.0 Å². The van der Waals surface area contributed by atoms with Gasteiger partial charge in [0, 0.05) is 24.4 Å². The third-order valence-corrected chi connectivity index (χ3v) is 5.04. The van der Waals surface area contributed by atoms with Crippen LogP contribution >= 0.6 is 0 Å². The van der Waals surface area contributed by atoms with Crippen molar-refractivity contribution in [3.05, 3.63) is 65.0 Å². The fourth-order valence-corrected chi connectivity index (χ4v) is 3.28. The minimum Gasteiger partial charge on any atom is -0.376 e. The molecule has 0 radical (unpaired) electrons. The largest absolute Gasteiger partial charge is 0.376 e. The van der Waals surface area contributed by atoms with Crippen LogP contribution in [0.1, 0.15) is 34.3 Å². The molecule has 3 rings (SSSR count). The summed E-state index contributed by atoms with van der Waals surface area (Å²) < 4.78 is 18.8. The molecule has 2 aromatic carbocycles. The summed E-state index contributed by atoms with van der Waals surface area (Å²) in [6.07, 6.45) is 1.71. The normalized spacial score (nSPS) is 16.0. The molecule has 1 heterocycles. The molecule has 1 saturated heterocycles. The van der Waals surface area contributed by atoms with E-state index in [-0.39, 0.29) is 24.5 Å². The first kappa shape index (κ1) is 20.0. The minimum atomic E-state index is -0.408. The molecular weight excluding hydrogens is 359 g/mol. The zero-order chi connectivity index (χ0) is 20.1. The van der Waals surface area contributed by atoms with Crippen LogP contribution in [0.15, 0.2) is 42.5 Å². The smallest absolute Gasteiger partial charge is 0.254 e. The van der Waals surface area contributed by atoms with Crippen LogP contribution in [-0.4, -0.2) is 42.5 Å². The first-order valence-electron chi connectivity index (χ1n) is 9.46. The van der Waals surface area contributed by atoms with Crippen molar-refractivity contribution in [3.8, 4) is 0 Å². The van der Waals surface area contributed by atoms with Gasteiger partial charge in [0.15, 0.2) is 0 Å². The standard InChI is InChI=1S/C22H25FN2O3/c1-15-5-3-7-20(16(15)2)24-21(26)14-25(13-19-6-4-12-28-19)22(27)17-8-10-18(23)11-9-17/h3,5,7-11,19H,4,6,12-14H2,1-2H3,(H,24,26). The lowest BCUT2D eigenvalue weighted by molar-refractivity contribution is -0.117. The second kappa shape index (κ2) is 8.97. The first-order valence-corrected chi connectivity index (χ1v) is 9.46. The second-order valence-corrected chi connectivity index (χ2v) is 7.12. The Balaban J connectivity index is 1.74. The fraction of sp³-hybridized carbons (Fsp3) is 0.364. The molecule has 148 valence electrons. The van der Waals surface area contributed by atoms with E-state index in [1.165, 1.54) is 29.2 Å². The fourth-order valence-electron chi connectivity index (χ4n) is 3.28. The molecule has 1 unspecified atom stereocenters. The highest BCUT2D eigenvalue weighted by atomic mass is 19.1. The Morgan fingerprint density at radius 1 is 1.18 bits per heavy atom. The first-order chi connectivity index (χ1) is 13.4. The minimum absolute atomic E-state index is 0.0853. The Kier molecular flexibility index (Phi) is 6.41. The van der Waals surface area contributed by atoms with Crippen LogP contribution in [0.4, 0.5) is 10.1 Å². The third kappa shape index (κ3) is 4.95. The molecule has 2 amide bonds. The summed E-state index contributed by atoms with van der Waals surface area (Å²) in [6.45, 7) is 4.82. The van der Waals surface area contributed by atoms with Gasteiger partial charge in [-0.1, -0.05) is 12.1 Å². The van der Waals surface area contributed by atoms with Crippen molar-refractivity contribution in [2.75, 3.05) is 25.0 Å². The Hall–Kier alpha value is -2.73. The van der Waals surface area contributed by atoms with Crippen molar-refractivity contribution in [1.29, 1.82) is 0 Å². The third-order valence-electron chi connectivity index (χ3n) is 5.04. The van der Waals surface area contributed by atoms with Gasteiger partial charge in [-0.3, -0.25) is 9.59 Å². The van der Waals surface area contributed by atoms with Crippen LogP contribution in [0, 0.1) is 19.7 Å². The lowest BCUT2D eigenvalue weighted by Gasteiger charge is -2.25. The van der Waals surface area contributed by atoms with Crippen molar-refractivity contribution in [3.63, 3.8) is 0 Å². The van der Waals surface area contributed by atoms with Gasteiger partial charge in [-0.2, -0.15) is 0 Å². The number of ether oxygens (including phenoxy) is 1. The van der Waals surface area contributed by atoms with Crippen LogP contribution in [0.3, 0.4) is 0 Å². The van der Waals surface area contributed by atoms with Crippen molar-refractivity contribution < 1.29 is 18.7 Å². The quantitative estimate of drug-likeness (QED) is 0.826. The van der Waals surface area contributed by atoms with Gasteiger partial charge in [-0.15, -0.1) is 0 Å². The van der Waals surface area contributed by atoms with Crippen molar-refractivity contribution in [1.82, 2.24) is 4.90 Å². The van der Waals surface area contributed by atoms with E-state index in [0.29, 0.717) is 18.7 Å². The topological polar surface area (TPSA) is 58.6 Å². The molecule has 0 saturated carbocycles. The number of hydrogen-bond acceptors (Lipinski definition) is 3. The number of carbonyl (C=O) groups is 2. The zero-order valence-corrected chi connectivity index (χ0v) is 16.2. The van der Waals surface area contributed by atoms with Crippen molar-refractivity contribution in [2.45, 2.75) is 32.8 Å². The van der Waals surface area contributed by atoms with E-state index in [4.69, 9.17) is 4.74 Å². The van der Waals surface area contributed by atoms with E-state index < -0.39 is 5.82 Å². The zero-order valence-electron chi connectivity index (χ0n) is 16.2. The molecule has 1 N–H and O–H groups in total. The molecule has 0 aliphatic carbocycles. The maximum absolute atomic E-state index is 13.2. The van der Waals surface area contributed by atoms with Crippen molar-refractivity contribution in [2.24, 2.45) is 0 Å². The maximum atomic E-state index is 13.2. The van der Waals surface area contributed by atoms with Crippen LogP contribution in [0.5, 0.6) is 0 Å². The molecule has 1 aliphatic rings. The Labute approximate surface area is 164 Å². The van der Waals surface area contributed by atoms with E-state index in [9.17, 15) is 14.0 Å². The molecule has 6 heteroatoms. The number of anilines is 1. The summed E-state index contributed by atoms with van der Waals surface area (Å²) in [5.41, 5.74) is 3.15. The summed E-state index contributed by atoms with van der Waals surface area (Å²) in [6, 6.07) is 11.1. The van der Waals surface area contributed by atoms with Crippen LogP contribution in [-0.2, 0) is 9.53 Å². The molecule has 2 aromatic rings. The average Bonchev–Trinajstić information content (AvgIpc) is 3.18. The predicted molar refractivity (Wildman–Crippen MR) is 106 cm³/mol. The van der Waals surface area contributed by atoms with Gasteiger partial charge in [0.05, 0.1) is 6.10 Å². The molecule has 1 fully saturated rings. The number of nitrogens with zero attached hydrogens (tertiary/aromatic N) is 1. The molecule has 0 bridgehead atoms. The molecule has 5 nitrogen and oxygen atoms in total. The Morgan fingerprint density at radius 2 is 1.93 bits per heavy atom. The average molecular weight is 384 g/mol. The summed E-state index contributed by atoms with van der Waals surface area (Å²) in [7, 11) is 0. The maximum Gasteiger partial charge on any atom is 0.254 e. The van der Waals surface area contributed by atoms with E-state index in [1.54, 1.807) is 0 Å². The van der Waals surface area contributed by atoms with Gasteiger partial charge < -0.3 is 15.0 Å². The van der Waals surface area contributed by atoms with Crippen LogP contribution in [0.25, 0.3) is 0 Å². The number of benzene rings is 2. The summed E-state index contributed by atoms with van der Waals surface area (Å²) in [5, 5.41) is 2.89. The van der Waals surface area contributed by atoms with Crippen LogP contribution in [0.2, 0.25) is 0 Å². The monoisotopic (exact) mass is 384 g/mol. The predicted octanol–water partition coefficient (Wildman–Crippen LogP) is 3.70. The number of carbonyl (C=O) groups excluding carboxylic acids is 2. The van der Waals surface area contributed by atoms with Gasteiger partial charge in [0.2, 0.25) is 5.91 Å².